The van der Waals surface area contributed by atoms with Gasteiger partial charge < -0.3 is 5.32 Å². The average Bonchev–Trinajstić information content (AvgIpc) is 2.60. The fourth-order valence-electron chi connectivity index (χ4n) is 3.24. The second kappa shape index (κ2) is 4.45. The molecule has 88 valence electrons. The highest BCUT2D eigenvalue weighted by Crippen LogP contribution is 2.35. The molecule has 0 amide bonds. The van der Waals surface area contributed by atoms with Crippen molar-refractivity contribution in [2.75, 3.05) is 0 Å². The van der Waals surface area contributed by atoms with Gasteiger partial charge in [-0.2, -0.15) is 0 Å². The lowest BCUT2D eigenvalue weighted by Gasteiger charge is -2.35. The molecule has 1 aliphatic carbocycles. The molecule has 2 aliphatic rings. The van der Waals surface area contributed by atoms with Crippen molar-refractivity contribution < 1.29 is 0 Å². The van der Waals surface area contributed by atoms with Crippen LogP contribution < -0.4 is 5.32 Å². The van der Waals surface area contributed by atoms with Crippen LogP contribution in [-0.4, -0.2) is 12.1 Å². The molecule has 0 aromatic rings. The van der Waals surface area contributed by atoms with Gasteiger partial charge in [0.15, 0.2) is 0 Å². The normalized spacial score (nSPS) is 36.6. The summed E-state index contributed by atoms with van der Waals surface area (Å²) in [6.07, 6.45) is 10.1. The average molecular weight is 209 g/mol. The molecule has 3 atom stereocenters. The summed E-state index contributed by atoms with van der Waals surface area (Å²) in [6, 6.07) is 1.70. The van der Waals surface area contributed by atoms with Gasteiger partial charge in [-0.25, -0.2) is 0 Å². The number of piperidine rings is 1. The zero-order chi connectivity index (χ0) is 10.9. The number of fused-ring (bicyclic) bond motifs is 1. The van der Waals surface area contributed by atoms with E-state index in [4.69, 9.17) is 0 Å². The Kier molecular flexibility index (Phi) is 3.39. The van der Waals surface area contributed by atoms with Crippen molar-refractivity contribution in [2.24, 2.45) is 11.3 Å². The van der Waals surface area contributed by atoms with Gasteiger partial charge in [0.2, 0.25) is 0 Å². The molecular formula is C14H27N. The molecule has 2 rings (SSSR count). The fourth-order valence-corrected chi connectivity index (χ4v) is 3.24. The fraction of sp³-hybridized carbons (Fsp3) is 1.00. The Hall–Kier alpha value is -0.0400. The summed E-state index contributed by atoms with van der Waals surface area (Å²) in [7, 11) is 0. The van der Waals surface area contributed by atoms with Crippen LogP contribution in [0, 0.1) is 11.3 Å². The SMILES string of the molecule is CC(C)(C)CCC1CCC2CCCC2N1. The van der Waals surface area contributed by atoms with E-state index in [2.05, 4.69) is 26.1 Å². The van der Waals surface area contributed by atoms with Crippen LogP contribution in [-0.2, 0) is 0 Å². The molecule has 1 heteroatoms. The minimum absolute atomic E-state index is 0.508. The highest BCUT2D eigenvalue weighted by atomic mass is 15.0. The maximum atomic E-state index is 3.89. The van der Waals surface area contributed by atoms with E-state index in [0.29, 0.717) is 5.41 Å². The monoisotopic (exact) mass is 209 g/mol. The first kappa shape index (κ1) is 11.4. The van der Waals surface area contributed by atoms with Crippen LogP contribution in [0.25, 0.3) is 0 Å². The summed E-state index contributed by atoms with van der Waals surface area (Å²) in [5.41, 5.74) is 0.508. The van der Waals surface area contributed by atoms with Crippen LogP contribution in [0.4, 0.5) is 0 Å². The highest BCUT2D eigenvalue weighted by molar-refractivity contribution is 4.91. The molecule has 0 radical (unpaired) electrons. The van der Waals surface area contributed by atoms with Gasteiger partial charge >= 0.3 is 0 Å². The van der Waals surface area contributed by atoms with Crippen molar-refractivity contribution in [3.05, 3.63) is 0 Å². The minimum atomic E-state index is 0.508. The molecule has 1 aliphatic heterocycles. The predicted molar refractivity (Wildman–Crippen MR) is 66.0 cm³/mol. The van der Waals surface area contributed by atoms with E-state index >= 15 is 0 Å². The summed E-state index contributed by atoms with van der Waals surface area (Å²) in [5, 5.41) is 3.89. The van der Waals surface area contributed by atoms with Gasteiger partial charge in [-0.15, -0.1) is 0 Å². The quantitative estimate of drug-likeness (QED) is 0.730. The number of hydrogen-bond donors (Lipinski definition) is 1. The van der Waals surface area contributed by atoms with Gasteiger partial charge in [-0.1, -0.05) is 27.2 Å². The Balaban J connectivity index is 1.75. The lowest BCUT2D eigenvalue weighted by molar-refractivity contribution is 0.228. The Labute approximate surface area is 95.0 Å². The van der Waals surface area contributed by atoms with E-state index in [1.54, 1.807) is 0 Å². The molecular weight excluding hydrogens is 182 g/mol. The van der Waals surface area contributed by atoms with Crippen molar-refractivity contribution in [3.63, 3.8) is 0 Å². The van der Waals surface area contributed by atoms with E-state index in [0.717, 1.165) is 18.0 Å². The number of rotatable bonds is 2. The van der Waals surface area contributed by atoms with E-state index in [1.165, 1.54) is 44.9 Å². The lowest BCUT2D eigenvalue weighted by Crippen LogP contribution is -2.45. The van der Waals surface area contributed by atoms with Crippen LogP contribution in [0.1, 0.15) is 65.7 Å². The molecule has 0 aromatic heterocycles. The van der Waals surface area contributed by atoms with E-state index < -0.39 is 0 Å². The van der Waals surface area contributed by atoms with Crippen LogP contribution in [0.5, 0.6) is 0 Å². The second-order valence-electron chi connectivity index (χ2n) is 6.84. The highest BCUT2D eigenvalue weighted by Gasteiger charge is 2.33. The molecule has 1 saturated carbocycles. The standard InChI is InChI=1S/C14H27N/c1-14(2,3)10-9-12-8-7-11-5-4-6-13(11)15-12/h11-13,15H,4-10H2,1-3H3. The van der Waals surface area contributed by atoms with Crippen molar-refractivity contribution in [3.8, 4) is 0 Å². The molecule has 2 fully saturated rings. The first-order valence-electron chi connectivity index (χ1n) is 6.81. The summed E-state index contributed by atoms with van der Waals surface area (Å²) in [6.45, 7) is 7.07. The third kappa shape index (κ3) is 3.21. The summed E-state index contributed by atoms with van der Waals surface area (Å²) < 4.78 is 0. The Morgan fingerprint density at radius 2 is 1.87 bits per heavy atom. The Bertz CT molecular complexity index is 204. The molecule has 0 aromatic carbocycles. The van der Waals surface area contributed by atoms with Crippen LogP contribution in [0.15, 0.2) is 0 Å². The van der Waals surface area contributed by atoms with E-state index in [9.17, 15) is 0 Å². The van der Waals surface area contributed by atoms with Gasteiger partial charge in [0.1, 0.15) is 0 Å². The van der Waals surface area contributed by atoms with Crippen LogP contribution >= 0.6 is 0 Å². The molecule has 1 heterocycles. The first-order chi connectivity index (χ1) is 7.04. The van der Waals surface area contributed by atoms with Gasteiger partial charge in [0.05, 0.1) is 0 Å². The molecule has 0 bridgehead atoms. The van der Waals surface area contributed by atoms with Crippen molar-refractivity contribution >= 4 is 0 Å². The lowest BCUT2D eigenvalue weighted by atomic mass is 9.84. The third-order valence-corrected chi connectivity index (χ3v) is 4.24. The predicted octanol–water partition coefficient (Wildman–Crippen LogP) is 3.73. The third-order valence-electron chi connectivity index (χ3n) is 4.24. The minimum Gasteiger partial charge on any atom is -0.311 e. The van der Waals surface area contributed by atoms with Gasteiger partial charge in [0, 0.05) is 12.1 Å². The van der Waals surface area contributed by atoms with Gasteiger partial charge in [0.25, 0.3) is 0 Å². The smallest absolute Gasteiger partial charge is 0.00979 e. The zero-order valence-corrected chi connectivity index (χ0v) is 10.7. The maximum absolute atomic E-state index is 3.89. The Morgan fingerprint density at radius 3 is 2.60 bits per heavy atom. The molecule has 0 spiro atoms. The second-order valence-corrected chi connectivity index (χ2v) is 6.84. The number of nitrogens with one attached hydrogen (secondary N) is 1. The number of hydrogen-bond acceptors (Lipinski definition) is 1. The van der Waals surface area contributed by atoms with Crippen LogP contribution in [0.3, 0.4) is 0 Å². The van der Waals surface area contributed by atoms with Crippen molar-refractivity contribution in [1.29, 1.82) is 0 Å². The van der Waals surface area contributed by atoms with Crippen molar-refractivity contribution in [1.82, 2.24) is 5.32 Å². The molecule has 15 heavy (non-hydrogen) atoms. The Morgan fingerprint density at radius 1 is 1.07 bits per heavy atom. The van der Waals surface area contributed by atoms with Crippen molar-refractivity contribution in [2.45, 2.75) is 77.8 Å². The largest absolute Gasteiger partial charge is 0.311 e. The summed E-state index contributed by atoms with van der Waals surface area (Å²) >= 11 is 0. The summed E-state index contributed by atoms with van der Waals surface area (Å²) in [5.74, 6) is 1.02. The van der Waals surface area contributed by atoms with Crippen LogP contribution in [0.2, 0.25) is 0 Å². The first-order valence-corrected chi connectivity index (χ1v) is 6.81. The van der Waals surface area contributed by atoms with E-state index in [-0.39, 0.29) is 0 Å². The molecule has 1 nitrogen and oxygen atoms in total. The topological polar surface area (TPSA) is 12.0 Å². The van der Waals surface area contributed by atoms with Gasteiger partial charge in [-0.05, 0) is 49.9 Å². The molecule has 1 N–H and O–H groups in total. The maximum Gasteiger partial charge on any atom is 0.00979 e. The van der Waals surface area contributed by atoms with Gasteiger partial charge in [-0.3, -0.25) is 0 Å². The molecule has 1 saturated heterocycles. The molecule has 3 unspecified atom stereocenters. The summed E-state index contributed by atoms with van der Waals surface area (Å²) in [4.78, 5) is 0. The zero-order valence-electron chi connectivity index (χ0n) is 10.7. The van der Waals surface area contributed by atoms with E-state index in [1.807, 2.05) is 0 Å².